The average molecular weight is 475 g/mol. The Balaban J connectivity index is -0.0000000664. The first-order chi connectivity index (χ1) is 15.7. The van der Waals surface area contributed by atoms with Crippen LogP contribution in [0, 0.1) is 0 Å². The van der Waals surface area contributed by atoms with Gasteiger partial charge in [-0.05, 0) is 53.1 Å². The van der Waals surface area contributed by atoms with Crippen molar-refractivity contribution in [3.05, 3.63) is 12.2 Å². The Morgan fingerprint density at radius 1 is 0.424 bits per heavy atom. The van der Waals surface area contributed by atoms with Gasteiger partial charge in [0.15, 0.2) is 0 Å². The summed E-state index contributed by atoms with van der Waals surface area (Å²) >= 11 is 0. The summed E-state index contributed by atoms with van der Waals surface area (Å²) in [6, 6.07) is 0. The van der Waals surface area contributed by atoms with E-state index in [1.54, 1.807) is 0 Å². The van der Waals surface area contributed by atoms with E-state index in [0.717, 1.165) is 39.0 Å². The zero-order valence-corrected chi connectivity index (χ0v) is 26.7. The molecule has 0 amide bonds. The summed E-state index contributed by atoms with van der Waals surface area (Å²) in [5.74, 6) is 0. The van der Waals surface area contributed by atoms with E-state index in [2.05, 4.69) is 114 Å². The Morgan fingerprint density at radius 2 is 0.606 bits per heavy atom. The van der Waals surface area contributed by atoms with Gasteiger partial charge in [0, 0.05) is 0 Å². The second-order valence-electron chi connectivity index (χ2n) is 8.49. The van der Waals surface area contributed by atoms with E-state index in [-0.39, 0.29) is 0 Å². The van der Waals surface area contributed by atoms with Gasteiger partial charge in [0.25, 0.3) is 0 Å². The van der Waals surface area contributed by atoms with Crippen LogP contribution in [0.3, 0.4) is 0 Å². The van der Waals surface area contributed by atoms with Crippen molar-refractivity contribution < 1.29 is 0 Å². The molecule has 0 spiro atoms. The molecule has 2 nitrogen and oxygen atoms in total. The van der Waals surface area contributed by atoms with Crippen LogP contribution in [0.15, 0.2) is 12.2 Å². The normalized spacial score (nSPS) is 8.97. The lowest BCUT2D eigenvalue weighted by Crippen LogP contribution is -2.15. The molecule has 0 N–H and O–H groups in total. The van der Waals surface area contributed by atoms with Gasteiger partial charge in [0.1, 0.15) is 0 Å². The van der Waals surface area contributed by atoms with Crippen LogP contribution in [0.1, 0.15) is 154 Å². The van der Waals surface area contributed by atoms with Gasteiger partial charge in [-0.3, -0.25) is 0 Å². The summed E-state index contributed by atoms with van der Waals surface area (Å²) < 4.78 is 0. The molecule has 0 aliphatic rings. The third-order valence-corrected chi connectivity index (χ3v) is 5.28. The fraction of sp³-hybridized carbons (Fsp3) is 0.935. The highest BCUT2D eigenvalue weighted by Gasteiger charge is 1.82. The number of nitrogens with zero attached hydrogens (tertiary/aromatic N) is 2. The molecule has 208 valence electrons. The van der Waals surface area contributed by atoms with Gasteiger partial charge in [-0.15, -0.1) is 0 Å². The monoisotopic (exact) mass is 475 g/mol. The molecule has 0 bridgehead atoms. The Hall–Kier alpha value is -0.340. The molecule has 0 saturated heterocycles. The third-order valence-electron chi connectivity index (χ3n) is 5.28. The molecule has 0 atom stereocenters. The molecule has 0 fully saturated rings. The maximum Gasteiger partial charge on any atom is -0.00504 e. The van der Waals surface area contributed by atoms with Gasteiger partial charge in [-0.25, -0.2) is 0 Å². The summed E-state index contributed by atoms with van der Waals surface area (Å²) in [7, 11) is 4.22. The first kappa shape index (κ1) is 46.1. The van der Waals surface area contributed by atoms with Gasteiger partial charge >= 0.3 is 0 Å². The molecule has 0 saturated carbocycles. The first-order valence-electron chi connectivity index (χ1n) is 14.7. The van der Waals surface area contributed by atoms with Crippen LogP contribution < -0.4 is 0 Å². The van der Waals surface area contributed by atoms with E-state index in [0.29, 0.717) is 0 Å². The second kappa shape index (κ2) is 53.2. The van der Waals surface area contributed by atoms with Gasteiger partial charge in [0.05, 0.1) is 0 Å². The standard InChI is InChI=1S/C6H12.2C5H13N.3C5H12/c3*1-4-6(3)5-2;3*1-3-5-4-2/h3-5H2,1-2H3;2*4-5H2,1-3H3;3*3-5H2,1-2H3. The molecule has 0 aromatic heterocycles. The Bertz CT molecular complexity index is 219. The third kappa shape index (κ3) is 89.3. The highest BCUT2D eigenvalue weighted by Crippen LogP contribution is 1.98. The molecule has 0 unspecified atom stereocenters. The predicted octanol–water partition coefficient (Wildman–Crippen LogP) is 10.9. The van der Waals surface area contributed by atoms with E-state index in [9.17, 15) is 0 Å². The van der Waals surface area contributed by atoms with Crippen LogP contribution in [-0.4, -0.2) is 50.1 Å². The van der Waals surface area contributed by atoms with E-state index >= 15 is 0 Å². The van der Waals surface area contributed by atoms with Crippen molar-refractivity contribution in [1.29, 1.82) is 0 Å². The minimum absolute atomic E-state index is 1.14. The molecule has 0 aliphatic heterocycles. The van der Waals surface area contributed by atoms with Gasteiger partial charge in [0.2, 0.25) is 0 Å². The summed E-state index contributed by atoms with van der Waals surface area (Å²) in [4.78, 5) is 4.50. The van der Waals surface area contributed by atoms with E-state index < -0.39 is 0 Å². The number of allylic oxidation sites excluding steroid dienone is 1. The number of rotatable bonds is 12. The van der Waals surface area contributed by atoms with Crippen LogP contribution in [0.5, 0.6) is 0 Å². The van der Waals surface area contributed by atoms with E-state index in [4.69, 9.17) is 0 Å². The Kier molecular flexibility index (Phi) is 74.2. The van der Waals surface area contributed by atoms with Gasteiger partial charge in [-0.2, -0.15) is 0 Å². The second-order valence-corrected chi connectivity index (χ2v) is 8.49. The van der Waals surface area contributed by atoms with Crippen LogP contribution in [0.4, 0.5) is 0 Å². The van der Waals surface area contributed by atoms with E-state index in [1.807, 2.05) is 0 Å². The summed E-state index contributed by atoms with van der Waals surface area (Å²) in [6.45, 7) is 34.6. The maximum absolute atomic E-state index is 3.79. The van der Waals surface area contributed by atoms with Gasteiger partial charge in [-0.1, -0.05) is 153 Å². The maximum atomic E-state index is 3.79. The molecular weight excluding hydrogens is 400 g/mol. The van der Waals surface area contributed by atoms with Crippen LogP contribution in [0.25, 0.3) is 0 Å². The minimum Gasteiger partial charge on any atom is -0.307 e. The van der Waals surface area contributed by atoms with Crippen LogP contribution in [-0.2, 0) is 0 Å². The van der Waals surface area contributed by atoms with Crippen molar-refractivity contribution >= 4 is 0 Å². The number of hydrogen-bond donors (Lipinski definition) is 0. The SMILES string of the molecule is C=C(CC)CC.CCCCC.CCCCC.CCCCC.CCN(C)CC.CCN(C)CC. The molecule has 0 heterocycles. The van der Waals surface area contributed by atoms with Crippen molar-refractivity contribution in [2.24, 2.45) is 0 Å². The number of hydrogen-bond acceptors (Lipinski definition) is 2. The predicted molar refractivity (Wildman–Crippen MR) is 163 cm³/mol. The smallest absolute Gasteiger partial charge is 0.00504 e. The fourth-order valence-electron chi connectivity index (χ4n) is 1.76. The van der Waals surface area contributed by atoms with Gasteiger partial charge < -0.3 is 9.80 Å². The molecule has 0 rings (SSSR count). The summed E-state index contributed by atoms with van der Waals surface area (Å²) in [6.07, 6.45) is 14.5. The van der Waals surface area contributed by atoms with Crippen molar-refractivity contribution in [2.45, 2.75) is 154 Å². The Morgan fingerprint density at radius 3 is 0.606 bits per heavy atom. The lowest BCUT2D eigenvalue weighted by Gasteiger charge is -2.07. The van der Waals surface area contributed by atoms with Crippen molar-refractivity contribution in [2.75, 3.05) is 40.3 Å². The van der Waals surface area contributed by atoms with Crippen LogP contribution >= 0.6 is 0 Å². The summed E-state index contributed by atoms with van der Waals surface area (Å²) in [5, 5.41) is 0. The highest BCUT2D eigenvalue weighted by molar-refractivity contribution is 4.89. The van der Waals surface area contributed by atoms with E-state index in [1.165, 1.54) is 63.4 Å². The molecule has 0 aliphatic carbocycles. The molecule has 33 heavy (non-hydrogen) atoms. The van der Waals surface area contributed by atoms with Crippen molar-refractivity contribution in [3.63, 3.8) is 0 Å². The highest BCUT2D eigenvalue weighted by atomic mass is 15.1. The molecular formula is C31H74N2. The minimum atomic E-state index is 1.14. The Labute approximate surface area is 216 Å². The molecule has 0 aromatic carbocycles. The average Bonchev–Trinajstić information content (AvgIpc) is 2.85. The largest absolute Gasteiger partial charge is 0.307 e. The molecule has 2 heteroatoms. The van der Waals surface area contributed by atoms with Crippen molar-refractivity contribution in [3.8, 4) is 0 Å². The topological polar surface area (TPSA) is 6.48 Å². The van der Waals surface area contributed by atoms with Crippen LogP contribution in [0.2, 0.25) is 0 Å². The molecule has 0 aromatic rings. The zero-order chi connectivity index (χ0) is 27.3. The first-order valence-corrected chi connectivity index (χ1v) is 14.7. The number of unbranched alkanes of at least 4 members (excludes halogenated alkanes) is 6. The lowest BCUT2D eigenvalue weighted by atomic mass is 10.2. The van der Waals surface area contributed by atoms with Crippen molar-refractivity contribution in [1.82, 2.24) is 9.80 Å². The zero-order valence-electron chi connectivity index (χ0n) is 26.7. The lowest BCUT2D eigenvalue weighted by molar-refractivity contribution is 0.373. The summed E-state index contributed by atoms with van der Waals surface area (Å²) in [5.41, 5.74) is 1.34. The molecule has 0 radical (unpaired) electrons. The fourth-order valence-corrected chi connectivity index (χ4v) is 1.76. The quantitative estimate of drug-likeness (QED) is 0.259.